The zero-order valence-electron chi connectivity index (χ0n) is 28.9. The molecular weight excluding hydrogens is 630 g/mol. The van der Waals surface area contributed by atoms with Crippen LogP contribution in [0.2, 0.25) is 0 Å². The Morgan fingerprint density at radius 1 is 0.800 bits per heavy atom. The minimum atomic E-state index is -0.640. The molecule has 0 bridgehead atoms. The van der Waals surface area contributed by atoms with E-state index < -0.39 is 11.9 Å². The number of methoxy groups -OCH3 is 1. The summed E-state index contributed by atoms with van der Waals surface area (Å²) >= 11 is 0. The van der Waals surface area contributed by atoms with Gasteiger partial charge in [-0.25, -0.2) is 0 Å². The van der Waals surface area contributed by atoms with Gasteiger partial charge in [0, 0.05) is 82.1 Å². The third kappa shape index (κ3) is 6.30. The fourth-order valence-corrected chi connectivity index (χ4v) is 8.99. The van der Waals surface area contributed by atoms with Crippen LogP contribution >= 0.6 is 0 Å². The van der Waals surface area contributed by atoms with E-state index in [-0.39, 0.29) is 18.2 Å². The van der Waals surface area contributed by atoms with Crippen LogP contribution in [0.1, 0.15) is 77.1 Å². The second-order valence-corrected chi connectivity index (χ2v) is 14.7. The Balaban J connectivity index is 0.833. The molecule has 10 nitrogen and oxygen atoms in total. The third-order valence-electron chi connectivity index (χ3n) is 11.8. The van der Waals surface area contributed by atoms with Crippen molar-refractivity contribution in [1.82, 2.24) is 15.1 Å². The third-order valence-corrected chi connectivity index (χ3v) is 11.8. The Hall–Kier alpha value is -4.57. The number of fused-ring (bicyclic) bond motifs is 2. The van der Waals surface area contributed by atoms with E-state index in [1.165, 1.54) is 35.2 Å². The molecule has 5 aliphatic rings. The number of hydrogen-bond acceptors (Lipinski definition) is 8. The minimum absolute atomic E-state index is 0.209. The summed E-state index contributed by atoms with van der Waals surface area (Å²) in [6.07, 6.45) is 6.33. The number of phenols is 1. The Morgan fingerprint density at radius 2 is 1.56 bits per heavy atom. The molecule has 3 saturated heterocycles. The highest BCUT2D eigenvalue weighted by Crippen LogP contribution is 2.40. The van der Waals surface area contributed by atoms with Crippen LogP contribution in [-0.4, -0.2) is 91.6 Å². The molecule has 0 saturated carbocycles. The molecule has 0 radical (unpaired) electrons. The minimum Gasteiger partial charge on any atom is -0.508 e. The van der Waals surface area contributed by atoms with Gasteiger partial charge >= 0.3 is 0 Å². The number of rotatable bonds is 7. The van der Waals surface area contributed by atoms with E-state index in [9.17, 15) is 19.5 Å². The predicted molar refractivity (Wildman–Crippen MR) is 192 cm³/mol. The number of imide groups is 1. The first-order valence-corrected chi connectivity index (χ1v) is 18.3. The number of aromatic hydroxyl groups is 1. The van der Waals surface area contributed by atoms with Crippen LogP contribution < -0.4 is 19.9 Å². The molecule has 0 aromatic heterocycles. The first-order valence-electron chi connectivity index (χ1n) is 18.3. The Bertz CT molecular complexity index is 1780. The topological polar surface area (TPSA) is 106 Å². The van der Waals surface area contributed by atoms with Crippen molar-refractivity contribution < 1.29 is 24.2 Å². The number of carbonyl (C=O) groups is 3. The maximum Gasteiger partial charge on any atom is 0.258 e. The van der Waals surface area contributed by atoms with Gasteiger partial charge in [-0.15, -0.1) is 0 Å². The SMILES string of the molecule is COc1cc(N2CCN(CC3CCN(c4ccc([C@@H]5CCCc6cc(O)ccc65)cc4)CC3)CC2)cc2c1C(=O)N(C1CCC(=O)NC1=O)C2. The maximum absolute atomic E-state index is 13.4. The lowest BCUT2D eigenvalue weighted by atomic mass is 9.79. The van der Waals surface area contributed by atoms with Crippen LogP contribution in [0, 0.1) is 5.92 Å². The fourth-order valence-electron chi connectivity index (χ4n) is 8.99. The highest BCUT2D eigenvalue weighted by molar-refractivity contribution is 6.06. The van der Waals surface area contributed by atoms with Gasteiger partial charge in [-0.3, -0.25) is 24.6 Å². The van der Waals surface area contributed by atoms with Gasteiger partial charge in [0.05, 0.1) is 12.7 Å². The average Bonchev–Trinajstić information content (AvgIpc) is 3.47. The standard InChI is InChI=1S/C40H47N5O5/c1-50-36-23-31(21-29-25-45(40(49)38(29)36)35-11-12-37(47)41-39(35)48)44-19-17-42(18-20-44)24-26-13-15-43(16-14-26)30-7-5-27(6-8-30)33-4-2-3-28-22-32(46)9-10-34(28)33/h5-10,21-23,26,33,35,46H,2-4,11-20,24-25H2,1H3,(H,41,47,48)/t33-,35?/m0/s1. The number of piperidine rings is 2. The van der Waals surface area contributed by atoms with Gasteiger partial charge in [0.25, 0.3) is 5.91 Å². The van der Waals surface area contributed by atoms with Crippen LogP contribution in [0.3, 0.4) is 0 Å². The van der Waals surface area contributed by atoms with Crippen molar-refractivity contribution in [3.05, 3.63) is 82.4 Å². The summed E-state index contributed by atoms with van der Waals surface area (Å²) in [5.74, 6) is 1.11. The normalized spacial score (nSPS) is 23.1. The number of anilines is 2. The van der Waals surface area contributed by atoms with Crippen LogP contribution in [0.4, 0.5) is 11.4 Å². The molecular formula is C40H47N5O5. The molecule has 3 aromatic carbocycles. The number of nitrogens with zero attached hydrogens (tertiary/aromatic N) is 4. The van der Waals surface area contributed by atoms with Gasteiger partial charge in [0.15, 0.2) is 0 Å². The maximum atomic E-state index is 13.4. The number of aryl methyl sites for hydroxylation is 1. The Morgan fingerprint density at radius 3 is 2.30 bits per heavy atom. The number of amides is 3. The number of ether oxygens (including phenoxy) is 1. The van der Waals surface area contributed by atoms with Crippen molar-refractivity contribution in [3.63, 3.8) is 0 Å². The van der Waals surface area contributed by atoms with Crippen molar-refractivity contribution in [2.75, 3.05) is 62.7 Å². The molecule has 8 rings (SSSR count). The van der Waals surface area contributed by atoms with E-state index in [2.05, 4.69) is 56.4 Å². The number of phenolic OH excluding ortho intramolecular Hbond substituents is 1. The second kappa shape index (κ2) is 13.6. The number of piperazine rings is 1. The molecule has 1 aliphatic carbocycles. The van der Waals surface area contributed by atoms with Gasteiger partial charge in [-0.2, -0.15) is 0 Å². The summed E-state index contributed by atoms with van der Waals surface area (Å²) < 4.78 is 5.70. The van der Waals surface area contributed by atoms with Crippen LogP contribution in [0.15, 0.2) is 54.6 Å². The summed E-state index contributed by atoms with van der Waals surface area (Å²) in [4.78, 5) is 46.7. The Labute approximate surface area is 294 Å². The molecule has 3 fully saturated rings. The average molecular weight is 678 g/mol. The lowest BCUT2D eigenvalue weighted by Gasteiger charge is -2.40. The highest BCUT2D eigenvalue weighted by Gasteiger charge is 2.41. The molecule has 2 N–H and O–H groups in total. The van der Waals surface area contributed by atoms with Gasteiger partial charge in [0.2, 0.25) is 11.8 Å². The smallest absolute Gasteiger partial charge is 0.258 e. The predicted octanol–water partition coefficient (Wildman–Crippen LogP) is 4.67. The van der Waals surface area contributed by atoms with Crippen molar-refractivity contribution >= 4 is 29.1 Å². The van der Waals surface area contributed by atoms with E-state index in [0.29, 0.717) is 41.9 Å². The second-order valence-electron chi connectivity index (χ2n) is 14.7. The van der Waals surface area contributed by atoms with Gasteiger partial charge in [-0.05, 0) is 97.0 Å². The zero-order chi connectivity index (χ0) is 34.4. The van der Waals surface area contributed by atoms with Crippen molar-refractivity contribution in [3.8, 4) is 11.5 Å². The molecule has 50 heavy (non-hydrogen) atoms. The number of benzene rings is 3. The largest absolute Gasteiger partial charge is 0.508 e. The van der Waals surface area contributed by atoms with E-state index in [0.717, 1.165) is 76.3 Å². The summed E-state index contributed by atoms with van der Waals surface area (Å²) in [5.41, 5.74) is 7.78. The monoisotopic (exact) mass is 677 g/mol. The van der Waals surface area contributed by atoms with Crippen LogP contribution in [0.25, 0.3) is 0 Å². The molecule has 262 valence electrons. The van der Waals surface area contributed by atoms with Crippen LogP contribution in [0.5, 0.6) is 11.5 Å². The van der Waals surface area contributed by atoms with Crippen LogP contribution in [-0.2, 0) is 22.6 Å². The molecule has 4 heterocycles. The van der Waals surface area contributed by atoms with Gasteiger partial charge in [0.1, 0.15) is 17.5 Å². The van der Waals surface area contributed by atoms with E-state index in [1.54, 1.807) is 12.0 Å². The summed E-state index contributed by atoms with van der Waals surface area (Å²) in [5, 5.41) is 12.3. The number of nitrogens with one attached hydrogen (secondary N) is 1. The lowest BCUT2D eigenvalue weighted by molar-refractivity contribution is -0.136. The van der Waals surface area contributed by atoms with Gasteiger partial charge < -0.3 is 24.5 Å². The molecule has 3 aromatic rings. The molecule has 2 atom stereocenters. The van der Waals surface area contributed by atoms with E-state index >= 15 is 0 Å². The van der Waals surface area contributed by atoms with Crippen molar-refractivity contribution in [2.24, 2.45) is 5.92 Å². The first kappa shape index (κ1) is 32.6. The number of carbonyl (C=O) groups excluding carboxylic acids is 3. The van der Waals surface area contributed by atoms with Crippen molar-refractivity contribution in [1.29, 1.82) is 0 Å². The zero-order valence-corrected chi connectivity index (χ0v) is 28.9. The van der Waals surface area contributed by atoms with E-state index in [4.69, 9.17) is 4.74 Å². The number of hydrogen-bond donors (Lipinski definition) is 2. The Kier molecular flexibility index (Phi) is 8.89. The molecule has 10 heteroatoms. The fraction of sp³-hybridized carbons (Fsp3) is 0.475. The quantitative estimate of drug-likeness (QED) is 0.348. The highest BCUT2D eigenvalue weighted by atomic mass is 16.5. The molecule has 3 amide bonds. The van der Waals surface area contributed by atoms with E-state index in [1.807, 2.05) is 18.2 Å². The summed E-state index contributed by atoms with van der Waals surface area (Å²) in [6, 6.07) is 18.5. The lowest BCUT2D eigenvalue weighted by Crippen LogP contribution is -2.52. The van der Waals surface area contributed by atoms with Gasteiger partial charge in [-0.1, -0.05) is 18.2 Å². The summed E-state index contributed by atoms with van der Waals surface area (Å²) in [6.45, 7) is 7.43. The summed E-state index contributed by atoms with van der Waals surface area (Å²) in [7, 11) is 1.59. The first-order chi connectivity index (χ1) is 24.3. The van der Waals surface area contributed by atoms with Crippen molar-refractivity contribution in [2.45, 2.75) is 63.5 Å². The molecule has 1 unspecified atom stereocenters. The molecule has 4 aliphatic heterocycles. The molecule has 0 spiro atoms.